The number of aromatic nitrogens is 3. The number of fused-ring (bicyclic) bond motifs is 1. The monoisotopic (exact) mass is 454 g/mol. The third-order valence-electron chi connectivity index (χ3n) is 4.90. The minimum atomic E-state index is -3.31. The molecule has 0 fully saturated rings. The van der Waals surface area contributed by atoms with Crippen LogP contribution in [0.4, 0.5) is 28.0 Å². The van der Waals surface area contributed by atoms with Gasteiger partial charge in [-0.2, -0.15) is 0 Å². The SMILES string of the molecule is Cc1cccc(C)c1Nc1nc2c(Nc3ccc(N(C)S(C)(=O)=O)cc3)ncnc2s1. The smallest absolute Gasteiger partial charge is 0.231 e. The molecule has 0 spiro atoms. The highest BCUT2D eigenvalue weighted by Gasteiger charge is 2.14. The molecule has 0 saturated carbocycles. The van der Waals surface area contributed by atoms with Crippen molar-refractivity contribution in [2.24, 2.45) is 0 Å². The van der Waals surface area contributed by atoms with Gasteiger partial charge in [-0.3, -0.25) is 4.31 Å². The van der Waals surface area contributed by atoms with E-state index in [1.807, 2.05) is 6.07 Å². The lowest BCUT2D eigenvalue weighted by atomic mass is 10.1. The number of hydrogen-bond donors (Lipinski definition) is 2. The Kier molecular flexibility index (Phi) is 5.50. The minimum Gasteiger partial charge on any atom is -0.338 e. The Morgan fingerprint density at radius 3 is 2.29 bits per heavy atom. The Hall–Kier alpha value is -3.24. The summed E-state index contributed by atoms with van der Waals surface area (Å²) in [4.78, 5) is 14.1. The summed E-state index contributed by atoms with van der Waals surface area (Å²) in [6, 6.07) is 13.2. The van der Waals surface area contributed by atoms with Crippen molar-refractivity contribution >= 4 is 59.7 Å². The molecule has 0 aliphatic carbocycles. The Morgan fingerprint density at radius 2 is 1.65 bits per heavy atom. The summed E-state index contributed by atoms with van der Waals surface area (Å²) in [6.45, 7) is 4.11. The first kappa shape index (κ1) is 21.0. The van der Waals surface area contributed by atoms with E-state index in [1.165, 1.54) is 35.3 Å². The summed E-state index contributed by atoms with van der Waals surface area (Å²) in [6.07, 6.45) is 2.67. The Labute approximate surface area is 185 Å². The molecule has 0 saturated heterocycles. The standard InChI is InChI=1S/C21H22N6O2S2/c1-13-6-5-7-14(2)17(13)25-21-26-18-19(22-12-23-20(18)30-21)24-15-8-10-16(11-9-15)27(3)31(4,28)29/h5-12H,1-4H3,(H,25,26)(H,22,23,24). The van der Waals surface area contributed by atoms with Gasteiger partial charge in [0, 0.05) is 18.4 Å². The summed E-state index contributed by atoms with van der Waals surface area (Å²) in [5, 5.41) is 7.39. The topological polar surface area (TPSA) is 100 Å². The fourth-order valence-corrected chi connectivity index (χ4v) is 4.42. The summed E-state index contributed by atoms with van der Waals surface area (Å²) in [5.74, 6) is 0.583. The molecule has 2 N–H and O–H groups in total. The third-order valence-corrected chi connectivity index (χ3v) is 6.98. The molecule has 4 rings (SSSR count). The van der Waals surface area contributed by atoms with E-state index in [-0.39, 0.29) is 0 Å². The Morgan fingerprint density at radius 1 is 0.968 bits per heavy atom. The van der Waals surface area contributed by atoms with Crippen molar-refractivity contribution < 1.29 is 8.42 Å². The zero-order valence-electron chi connectivity index (χ0n) is 17.5. The zero-order chi connectivity index (χ0) is 22.2. The molecule has 2 heterocycles. The maximum atomic E-state index is 11.7. The number of nitrogens with one attached hydrogen (secondary N) is 2. The van der Waals surface area contributed by atoms with Crippen molar-refractivity contribution in [2.45, 2.75) is 13.8 Å². The van der Waals surface area contributed by atoms with E-state index in [9.17, 15) is 8.42 Å². The van der Waals surface area contributed by atoms with Crippen LogP contribution in [0.15, 0.2) is 48.8 Å². The van der Waals surface area contributed by atoms with Gasteiger partial charge >= 0.3 is 0 Å². The first-order valence-corrected chi connectivity index (χ1v) is 12.1. The molecule has 160 valence electrons. The second kappa shape index (κ2) is 8.12. The molecule has 2 aromatic heterocycles. The second-order valence-electron chi connectivity index (χ2n) is 7.19. The number of para-hydroxylation sites is 1. The number of hydrogen-bond acceptors (Lipinski definition) is 8. The van der Waals surface area contributed by atoms with Gasteiger partial charge in [0.15, 0.2) is 15.8 Å². The van der Waals surface area contributed by atoms with E-state index >= 15 is 0 Å². The Bertz CT molecular complexity index is 1330. The quantitative estimate of drug-likeness (QED) is 0.440. The minimum absolute atomic E-state index is 0.578. The summed E-state index contributed by atoms with van der Waals surface area (Å²) in [7, 11) is -1.79. The highest BCUT2D eigenvalue weighted by Crippen LogP contribution is 2.33. The van der Waals surface area contributed by atoms with E-state index in [2.05, 4.69) is 46.6 Å². The first-order chi connectivity index (χ1) is 14.7. The fraction of sp³-hybridized carbons (Fsp3) is 0.190. The molecule has 0 aliphatic rings. The molecule has 8 nitrogen and oxygen atoms in total. The second-order valence-corrected chi connectivity index (χ2v) is 10.2. The van der Waals surface area contributed by atoms with Crippen LogP contribution in [0.25, 0.3) is 10.3 Å². The van der Waals surface area contributed by atoms with E-state index < -0.39 is 10.0 Å². The number of aryl methyl sites for hydroxylation is 2. The van der Waals surface area contributed by atoms with Crippen molar-refractivity contribution in [3.63, 3.8) is 0 Å². The van der Waals surface area contributed by atoms with Gasteiger partial charge < -0.3 is 10.6 Å². The molecule has 4 aromatic rings. The molecular formula is C21H22N6O2S2. The molecule has 0 radical (unpaired) electrons. The lowest BCUT2D eigenvalue weighted by Gasteiger charge is -2.17. The lowest BCUT2D eigenvalue weighted by molar-refractivity contribution is 0.600. The molecule has 31 heavy (non-hydrogen) atoms. The van der Waals surface area contributed by atoms with Gasteiger partial charge in [0.25, 0.3) is 0 Å². The van der Waals surface area contributed by atoms with Gasteiger partial charge in [0.1, 0.15) is 11.8 Å². The first-order valence-electron chi connectivity index (χ1n) is 9.48. The van der Waals surface area contributed by atoms with E-state index in [0.717, 1.165) is 32.5 Å². The van der Waals surface area contributed by atoms with Crippen LogP contribution in [-0.2, 0) is 10.0 Å². The molecule has 0 amide bonds. The maximum Gasteiger partial charge on any atom is 0.231 e. The molecule has 0 bridgehead atoms. The van der Waals surface area contributed by atoms with Crippen LogP contribution in [0.5, 0.6) is 0 Å². The number of thiazole rings is 1. The molecule has 0 unspecified atom stereocenters. The molecular weight excluding hydrogens is 432 g/mol. The average molecular weight is 455 g/mol. The van der Waals surface area contributed by atoms with Crippen LogP contribution in [0.1, 0.15) is 11.1 Å². The molecule has 0 atom stereocenters. The van der Waals surface area contributed by atoms with Crippen LogP contribution >= 0.6 is 11.3 Å². The number of sulfonamides is 1. The lowest BCUT2D eigenvalue weighted by Crippen LogP contribution is -2.24. The number of rotatable bonds is 6. The van der Waals surface area contributed by atoms with Crippen molar-refractivity contribution in [3.05, 3.63) is 59.9 Å². The van der Waals surface area contributed by atoms with Gasteiger partial charge in [-0.05, 0) is 49.2 Å². The number of anilines is 5. The van der Waals surface area contributed by atoms with Crippen molar-refractivity contribution in [1.82, 2.24) is 15.0 Å². The molecule has 2 aromatic carbocycles. The van der Waals surface area contributed by atoms with Crippen LogP contribution in [-0.4, -0.2) is 36.7 Å². The highest BCUT2D eigenvalue weighted by molar-refractivity contribution is 7.92. The van der Waals surface area contributed by atoms with Gasteiger partial charge in [0.2, 0.25) is 10.0 Å². The third kappa shape index (κ3) is 4.44. The van der Waals surface area contributed by atoms with Crippen LogP contribution in [0.3, 0.4) is 0 Å². The zero-order valence-corrected chi connectivity index (χ0v) is 19.2. The van der Waals surface area contributed by atoms with Gasteiger partial charge in [-0.1, -0.05) is 29.5 Å². The van der Waals surface area contributed by atoms with Crippen molar-refractivity contribution in [1.29, 1.82) is 0 Å². The van der Waals surface area contributed by atoms with Crippen LogP contribution < -0.4 is 14.9 Å². The van der Waals surface area contributed by atoms with E-state index in [0.29, 0.717) is 17.0 Å². The predicted octanol–water partition coefficient (Wildman–Crippen LogP) is 4.59. The van der Waals surface area contributed by atoms with Gasteiger partial charge in [0.05, 0.1) is 11.9 Å². The van der Waals surface area contributed by atoms with Gasteiger partial charge in [-0.25, -0.2) is 23.4 Å². The van der Waals surface area contributed by atoms with Crippen LogP contribution in [0.2, 0.25) is 0 Å². The normalized spacial score (nSPS) is 11.5. The summed E-state index contributed by atoms with van der Waals surface area (Å²) < 4.78 is 24.6. The summed E-state index contributed by atoms with van der Waals surface area (Å²) >= 11 is 1.46. The highest BCUT2D eigenvalue weighted by atomic mass is 32.2. The van der Waals surface area contributed by atoms with E-state index in [1.54, 1.807) is 24.3 Å². The fourth-order valence-electron chi connectivity index (χ4n) is 3.10. The van der Waals surface area contributed by atoms with Gasteiger partial charge in [-0.15, -0.1) is 0 Å². The number of nitrogens with zero attached hydrogens (tertiary/aromatic N) is 4. The maximum absolute atomic E-state index is 11.7. The largest absolute Gasteiger partial charge is 0.338 e. The molecule has 10 heteroatoms. The van der Waals surface area contributed by atoms with Crippen molar-refractivity contribution in [2.75, 3.05) is 28.2 Å². The summed E-state index contributed by atoms with van der Waals surface area (Å²) in [5.41, 5.74) is 5.33. The molecule has 0 aliphatic heterocycles. The average Bonchev–Trinajstić information content (AvgIpc) is 3.14. The Balaban J connectivity index is 1.60. The predicted molar refractivity (Wildman–Crippen MR) is 127 cm³/mol. The van der Waals surface area contributed by atoms with E-state index in [4.69, 9.17) is 4.98 Å². The number of benzene rings is 2. The van der Waals surface area contributed by atoms with Crippen molar-refractivity contribution in [3.8, 4) is 0 Å². The van der Waals surface area contributed by atoms with Crippen LogP contribution in [0, 0.1) is 13.8 Å².